The van der Waals surface area contributed by atoms with E-state index in [1.165, 1.54) is 49.7 Å². The van der Waals surface area contributed by atoms with Gasteiger partial charge in [0.25, 0.3) is 0 Å². The molecule has 2 saturated heterocycles. The third kappa shape index (κ3) is 2.74. The molecular weight excluding hydrogens is 244 g/mol. The van der Waals surface area contributed by atoms with Crippen LogP contribution in [-0.4, -0.2) is 54.1 Å². The van der Waals surface area contributed by atoms with Crippen molar-refractivity contribution in [2.75, 3.05) is 33.2 Å². The van der Waals surface area contributed by atoms with Gasteiger partial charge in [-0.2, -0.15) is 0 Å². The van der Waals surface area contributed by atoms with E-state index >= 15 is 0 Å². The molecule has 0 amide bonds. The van der Waals surface area contributed by atoms with Crippen LogP contribution in [0.2, 0.25) is 0 Å². The van der Waals surface area contributed by atoms with Gasteiger partial charge in [0.1, 0.15) is 5.01 Å². The Hall–Kier alpha value is -0.490. The first-order valence-corrected chi connectivity index (χ1v) is 7.77. The second kappa shape index (κ2) is 5.65. The van der Waals surface area contributed by atoms with Crippen LogP contribution < -0.4 is 5.32 Å². The lowest BCUT2D eigenvalue weighted by atomic mass is 10.1. The zero-order valence-corrected chi connectivity index (χ0v) is 11.9. The summed E-state index contributed by atoms with van der Waals surface area (Å²) in [6.45, 7) is 6.93. The molecule has 1 unspecified atom stereocenters. The monoisotopic (exact) mass is 266 g/mol. The highest BCUT2D eigenvalue weighted by Gasteiger charge is 2.30. The number of nitrogens with zero attached hydrogens (tertiary/aromatic N) is 3. The largest absolute Gasteiger partial charge is 0.314 e. The van der Waals surface area contributed by atoms with Gasteiger partial charge in [0, 0.05) is 44.1 Å². The molecule has 1 aromatic heterocycles. The molecule has 1 aromatic rings. The van der Waals surface area contributed by atoms with Crippen LogP contribution in [0.4, 0.5) is 0 Å². The van der Waals surface area contributed by atoms with Crippen LogP contribution in [0.15, 0.2) is 5.38 Å². The fraction of sp³-hybridized carbons (Fsp3) is 0.769. The fourth-order valence-corrected chi connectivity index (χ4v) is 3.88. The van der Waals surface area contributed by atoms with Crippen molar-refractivity contribution in [3.05, 3.63) is 16.1 Å². The number of thiazole rings is 1. The van der Waals surface area contributed by atoms with E-state index in [-0.39, 0.29) is 0 Å². The van der Waals surface area contributed by atoms with Crippen molar-refractivity contribution in [1.82, 2.24) is 20.1 Å². The van der Waals surface area contributed by atoms with Crippen molar-refractivity contribution in [1.29, 1.82) is 0 Å². The van der Waals surface area contributed by atoms with Crippen molar-refractivity contribution in [3.63, 3.8) is 0 Å². The molecule has 1 atom stereocenters. The molecule has 5 heteroatoms. The smallest absolute Gasteiger partial charge is 0.107 e. The summed E-state index contributed by atoms with van der Waals surface area (Å²) < 4.78 is 0. The van der Waals surface area contributed by atoms with Crippen LogP contribution >= 0.6 is 11.3 Å². The Balaban J connectivity index is 1.55. The maximum Gasteiger partial charge on any atom is 0.107 e. The molecule has 3 heterocycles. The van der Waals surface area contributed by atoms with Crippen molar-refractivity contribution in [2.45, 2.75) is 32.0 Å². The van der Waals surface area contributed by atoms with Gasteiger partial charge in [-0.1, -0.05) is 0 Å². The zero-order chi connectivity index (χ0) is 12.4. The minimum Gasteiger partial charge on any atom is -0.314 e. The molecule has 0 aliphatic carbocycles. The van der Waals surface area contributed by atoms with E-state index in [2.05, 4.69) is 25.5 Å². The van der Waals surface area contributed by atoms with E-state index < -0.39 is 0 Å². The SMILES string of the molecule is CNCc1nc(CN2CCN3CCCC3C2)cs1. The molecule has 3 rings (SSSR count). The van der Waals surface area contributed by atoms with Crippen molar-refractivity contribution in [2.24, 2.45) is 0 Å². The highest BCUT2D eigenvalue weighted by Crippen LogP contribution is 2.22. The highest BCUT2D eigenvalue weighted by molar-refractivity contribution is 7.09. The lowest BCUT2D eigenvalue weighted by Gasteiger charge is -2.37. The van der Waals surface area contributed by atoms with E-state index in [0.29, 0.717) is 0 Å². The topological polar surface area (TPSA) is 31.4 Å². The molecule has 100 valence electrons. The molecule has 1 N–H and O–H groups in total. The minimum absolute atomic E-state index is 0.814. The molecule has 0 spiro atoms. The maximum atomic E-state index is 4.68. The van der Waals surface area contributed by atoms with Crippen LogP contribution in [0.5, 0.6) is 0 Å². The van der Waals surface area contributed by atoms with Gasteiger partial charge >= 0.3 is 0 Å². The van der Waals surface area contributed by atoms with Crippen molar-refractivity contribution < 1.29 is 0 Å². The lowest BCUT2D eigenvalue weighted by molar-refractivity contribution is 0.0985. The van der Waals surface area contributed by atoms with E-state index in [0.717, 1.165) is 19.1 Å². The van der Waals surface area contributed by atoms with Crippen molar-refractivity contribution in [3.8, 4) is 0 Å². The third-order valence-corrected chi connectivity index (χ3v) is 4.88. The second-order valence-corrected chi connectivity index (χ2v) is 6.27. The summed E-state index contributed by atoms with van der Waals surface area (Å²) in [5, 5.41) is 6.58. The number of hydrogen-bond acceptors (Lipinski definition) is 5. The Labute approximate surface area is 113 Å². The Kier molecular flexibility index (Phi) is 3.94. The van der Waals surface area contributed by atoms with Crippen LogP contribution in [0.25, 0.3) is 0 Å². The van der Waals surface area contributed by atoms with E-state index in [1.54, 1.807) is 11.3 Å². The summed E-state index contributed by atoms with van der Waals surface area (Å²) in [5.41, 5.74) is 1.25. The number of piperazine rings is 1. The van der Waals surface area contributed by atoms with Crippen LogP contribution in [0.3, 0.4) is 0 Å². The van der Waals surface area contributed by atoms with Gasteiger partial charge in [0.2, 0.25) is 0 Å². The molecular formula is C13H22N4S. The zero-order valence-electron chi connectivity index (χ0n) is 11.1. The van der Waals surface area contributed by atoms with Crippen LogP contribution in [-0.2, 0) is 13.1 Å². The Morgan fingerprint density at radius 2 is 2.39 bits per heavy atom. The molecule has 4 nitrogen and oxygen atoms in total. The van der Waals surface area contributed by atoms with Gasteiger partial charge < -0.3 is 5.32 Å². The summed E-state index contributed by atoms with van der Waals surface area (Å²) in [5.74, 6) is 0. The lowest BCUT2D eigenvalue weighted by Crippen LogP contribution is -2.49. The summed E-state index contributed by atoms with van der Waals surface area (Å²) in [6.07, 6.45) is 2.78. The van der Waals surface area contributed by atoms with E-state index in [9.17, 15) is 0 Å². The molecule has 0 bridgehead atoms. The van der Waals surface area contributed by atoms with Crippen molar-refractivity contribution >= 4 is 11.3 Å². The third-order valence-electron chi connectivity index (χ3n) is 3.98. The van der Waals surface area contributed by atoms with Gasteiger partial charge in [-0.05, 0) is 26.4 Å². The number of fused-ring (bicyclic) bond motifs is 1. The normalized spacial score (nSPS) is 25.5. The standard InChI is InChI=1S/C13H22N4S/c1-14-7-13-15-11(10-18-13)8-16-5-6-17-4-2-3-12(17)9-16/h10,12,14H,2-9H2,1H3. The molecule has 18 heavy (non-hydrogen) atoms. The molecule has 0 saturated carbocycles. The maximum absolute atomic E-state index is 4.68. The predicted molar refractivity (Wildman–Crippen MR) is 74.7 cm³/mol. The molecule has 2 aliphatic rings. The Bertz CT molecular complexity index is 392. The van der Waals surface area contributed by atoms with E-state index in [1.807, 2.05) is 7.05 Å². The van der Waals surface area contributed by atoms with Gasteiger partial charge in [-0.15, -0.1) is 11.3 Å². The molecule has 0 radical (unpaired) electrons. The average Bonchev–Trinajstić information content (AvgIpc) is 2.98. The summed E-state index contributed by atoms with van der Waals surface area (Å²) in [6, 6.07) is 0.814. The number of nitrogens with one attached hydrogen (secondary N) is 1. The Morgan fingerprint density at radius 1 is 1.44 bits per heavy atom. The van der Waals surface area contributed by atoms with E-state index in [4.69, 9.17) is 0 Å². The quantitative estimate of drug-likeness (QED) is 0.885. The fourth-order valence-electron chi connectivity index (χ4n) is 3.08. The molecule has 0 aromatic carbocycles. The summed E-state index contributed by atoms with van der Waals surface area (Å²) in [7, 11) is 1.97. The average molecular weight is 266 g/mol. The Morgan fingerprint density at radius 3 is 3.28 bits per heavy atom. The first-order chi connectivity index (χ1) is 8.85. The minimum atomic E-state index is 0.814. The number of aromatic nitrogens is 1. The number of rotatable bonds is 4. The summed E-state index contributed by atoms with van der Waals surface area (Å²) >= 11 is 1.77. The second-order valence-electron chi connectivity index (χ2n) is 5.33. The van der Waals surface area contributed by atoms with Gasteiger partial charge in [-0.3, -0.25) is 9.80 Å². The highest BCUT2D eigenvalue weighted by atomic mass is 32.1. The van der Waals surface area contributed by atoms with Crippen LogP contribution in [0.1, 0.15) is 23.5 Å². The first-order valence-electron chi connectivity index (χ1n) is 6.89. The summed E-state index contributed by atoms with van der Waals surface area (Å²) in [4.78, 5) is 9.91. The van der Waals surface area contributed by atoms with Gasteiger partial charge in [-0.25, -0.2) is 4.98 Å². The van der Waals surface area contributed by atoms with Gasteiger partial charge in [0.05, 0.1) is 5.69 Å². The number of hydrogen-bond donors (Lipinski definition) is 1. The molecule has 2 aliphatic heterocycles. The molecule has 2 fully saturated rings. The van der Waals surface area contributed by atoms with Gasteiger partial charge in [0.15, 0.2) is 0 Å². The first kappa shape index (κ1) is 12.5. The predicted octanol–water partition coefficient (Wildman–Crippen LogP) is 1.14. The van der Waals surface area contributed by atoms with Crippen LogP contribution in [0, 0.1) is 0 Å².